The summed E-state index contributed by atoms with van der Waals surface area (Å²) in [6, 6.07) is 6.58. The lowest BCUT2D eigenvalue weighted by Crippen LogP contribution is -2.43. The molecule has 0 aliphatic carbocycles. The molecule has 2 rings (SSSR count). The second-order valence-corrected chi connectivity index (χ2v) is 5.21. The highest BCUT2D eigenvalue weighted by Gasteiger charge is 2.21. The van der Waals surface area contributed by atoms with E-state index in [2.05, 4.69) is 10.6 Å². The minimum absolute atomic E-state index is 0.101. The van der Waals surface area contributed by atoms with E-state index in [1.54, 1.807) is 18.2 Å². The number of amides is 1. The van der Waals surface area contributed by atoms with Crippen LogP contribution in [0.25, 0.3) is 0 Å². The Morgan fingerprint density at radius 2 is 2.11 bits per heavy atom. The number of hydrogen-bond acceptors (Lipinski definition) is 2. The molecule has 1 amide bonds. The molecule has 1 fully saturated rings. The minimum atomic E-state index is -0.313. The summed E-state index contributed by atoms with van der Waals surface area (Å²) in [5, 5.41) is 6.30. The molecule has 0 radical (unpaired) electrons. The third-order valence-corrected chi connectivity index (χ3v) is 3.79. The van der Waals surface area contributed by atoms with Crippen LogP contribution >= 0.6 is 0 Å². The highest BCUT2D eigenvalue weighted by Crippen LogP contribution is 2.16. The van der Waals surface area contributed by atoms with Crippen LogP contribution in [0.1, 0.15) is 25.3 Å². The van der Waals surface area contributed by atoms with Crippen LogP contribution < -0.4 is 10.6 Å². The smallest absolute Gasteiger partial charge is 0.224 e. The zero-order chi connectivity index (χ0) is 13.7. The number of piperidine rings is 1. The van der Waals surface area contributed by atoms with Crippen LogP contribution in [0.5, 0.6) is 0 Å². The Labute approximate surface area is 113 Å². The summed E-state index contributed by atoms with van der Waals surface area (Å²) in [5.41, 5.74) is 0.456. The number of hydrogen-bond donors (Lipinski definition) is 2. The summed E-state index contributed by atoms with van der Waals surface area (Å²) in [7, 11) is 0. The van der Waals surface area contributed by atoms with Gasteiger partial charge in [0.05, 0.1) is 6.42 Å². The summed E-state index contributed by atoms with van der Waals surface area (Å²) in [4.78, 5) is 11.9. The van der Waals surface area contributed by atoms with Gasteiger partial charge >= 0.3 is 0 Å². The Morgan fingerprint density at radius 3 is 2.79 bits per heavy atom. The van der Waals surface area contributed by atoms with Crippen LogP contribution in [0.15, 0.2) is 24.3 Å². The quantitative estimate of drug-likeness (QED) is 0.871. The molecule has 3 nitrogen and oxygen atoms in total. The van der Waals surface area contributed by atoms with Gasteiger partial charge in [0, 0.05) is 6.04 Å². The van der Waals surface area contributed by atoms with E-state index in [1.165, 1.54) is 6.07 Å². The van der Waals surface area contributed by atoms with Crippen molar-refractivity contribution in [1.29, 1.82) is 0 Å². The van der Waals surface area contributed by atoms with Crippen molar-refractivity contribution < 1.29 is 9.18 Å². The van der Waals surface area contributed by atoms with Crippen molar-refractivity contribution in [3.63, 3.8) is 0 Å². The molecule has 1 aliphatic heterocycles. The molecule has 1 aromatic rings. The largest absolute Gasteiger partial charge is 0.353 e. The van der Waals surface area contributed by atoms with E-state index in [-0.39, 0.29) is 24.2 Å². The molecule has 1 unspecified atom stereocenters. The molecular weight excluding hydrogens is 243 g/mol. The van der Waals surface area contributed by atoms with Crippen molar-refractivity contribution in [3.05, 3.63) is 35.6 Å². The molecule has 1 atom stereocenters. The first-order valence-electron chi connectivity index (χ1n) is 6.90. The highest BCUT2D eigenvalue weighted by atomic mass is 19.1. The molecular formula is C15H21FN2O. The van der Waals surface area contributed by atoms with Gasteiger partial charge in [0.25, 0.3) is 0 Å². The number of carbonyl (C=O) groups excluding carboxylic acids is 1. The number of halogens is 1. The molecule has 104 valence electrons. The average Bonchev–Trinajstić information content (AvgIpc) is 2.42. The minimum Gasteiger partial charge on any atom is -0.353 e. The SMILES string of the molecule is CC(NC(=O)Cc1ccccc1F)C1CCNCC1. The van der Waals surface area contributed by atoms with Gasteiger partial charge in [0.15, 0.2) is 0 Å². The molecule has 2 N–H and O–H groups in total. The lowest BCUT2D eigenvalue weighted by atomic mass is 9.91. The van der Waals surface area contributed by atoms with Crippen molar-refractivity contribution in [2.75, 3.05) is 13.1 Å². The first kappa shape index (κ1) is 14.0. The fourth-order valence-corrected chi connectivity index (χ4v) is 2.58. The van der Waals surface area contributed by atoms with Gasteiger partial charge in [-0.3, -0.25) is 4.79 Å². The highest BCUT2D eigenvalue weighted by molar-refractivity contribution is 5.78. The van der Waals surface area contributed by atoms with E-state index >= 15 is 0 Å². The fraction of sp³-hybridized carbons (Fsp3) is 0.533. The van der Waals surface area contributed by atoms with Gasteiger partial charge in [0.2, 0.25) is 5.91 Å². The number of benzene rings is 1. The molecule has 0 saturated carbocycles. The lowest BCUT2D eigenvalue weighted by molar-refractivity contribution is -0.121. The second-order valence-electron chi connectivity index (χ2n) is 5.21. The second kappa shape index (κ2) is 6.66. The Balaban J connectivity index is 1.85. The van der Waals surface area contributed by atoms with Crippen molar-refractivity contribution in [1.82, 2.24) is 10.6 Å². The lowest BCUT2D eigenvalue weighted by Gasteiger charge is -2.28. The zero-order valence-corrected chi connectivity index (χ0v) is 11.3. The average molecular weight is 264 g/mol. The predicted molar refractivity (Wildman–Crippen MR) is 73.3 cm³/mol. The molecule has 0 aromatic heterocycles. The van der Waals surface area contributed by atoms with E-state index in [1.807, 2.05) is 6.92 Å². The van der Waals surface area contributed by atoms with Crippen LogP contribution in [-0.4, -0.2) is 25.0 Å². The molecule has 1 heterocycles. The Morgan fingerprint density at radius 1 is 1.42 bits per heavy atom. The van der Waals surface area contributed by atoms with Crippen LogP contribution in [0.3, 0.4) is 0 Å². The fourth-order valence-electron chi connectivity index (χ4n) is 2.58. The normalized spacial score (nSPS) is 18.0. The maximum atomic E-state index is 13.5. The zero-order valence-electron chi connectivity index (χ0n) is 11.3. The van der Waals surface area contributed by atoms with Gasteiger partial charge in [-0.25, -0.2) is 4.39 Å². The van der Waals surface area contributed by atoms with Crippen LogP contribution in [0, 0.1) is 11.7 Å². The van der Waals surface area contributed by atoms with E-state index in [0.717, 1.165) is 25.9 Å². The van der Waals surface area contributed by atoms with Crippen LogP contribution in [0.4, 0.5) is 4.39 Å². The van der Waals surface area contributed by atoms with E-state index in [4.69, 9.17) is 0 Å². The van der Waals surface area contributed by atoms with E-state index in [9.17, 15) is 9.18 Å². The first-order valence-corrected chi connectivity index (χ1v) is 6.90. The van der Waals surface area contributed by atoms with Crippen LogP contribution in [-0.2, 0) is 11.2 Å². The summed E-state index contributed by atoms with van der Waals surface area (Å²) in [6.07, 6.45) is 2.28. The standard InChI is InChI=1S/C15H21FN2O/c1-11(12-6-8-17-9-7-12)18-15(19)10-13-4-2-3-5-14(13)16/h2-5,11-12,17H,6-10H2,1H3,(H,18,19). The Bertz CT molecular complexity index is 430. The van der Waals surface area contributed by atoms with Gasteiger partial charge in [-0.05, 0) is 50.4 Å². The van der Waals surface area contributed by atoms with Gasteiger partial charge in [0.1, 0.15) is 5.82 Å². The molecule has 1 saturated heterocycles. The molecule has 4 heteroatoms. The Hall–Kier alpha value is -1.42. The number of rotatable bonds is 4. The third-order valence-electron chi connectivity index (χ3n) is 3.79. The maximum absolute atomic E-state index is 13.5. The monoisotopic (exact) mass is 264 g/mol. The maximum Gasteiger partial charge on any atom is 0.224 e. The van der Waals surface area contributed by atoms with Crippen molar-refractivity contribution in [2.45, 2.75) is 32.2 Å². The van der Waals surface area contributed by atoms with E-state index in [0.29, 0.717) is 11.5 Å². The van der Waals surface area contributed by atoms with Gasteiger partial charge in [-0.1, -0.05) is 18.2 Å². The molecule has 1 aromatic carbocycles. The third kappa shape index (κ3) is 4.03. The molecule has 1 aliphatic rings. The van der Waals surface area contributed by atoms with Crippen molar-refractivity contribution in [2.24, 2.45) is 5.92 Å². The summed E-state index contributed by atoms with van der Waals surface area (Å²) >= 11 is 0. The van der Waals surface area contributed by atoms with E-state index < -0.39 is 0 Å². The van der Waals surface area contributed by atoms with Crippen molar-refractivity contribution in [3.8, 4) is 0 Å². The molecule has 19 heavy (non-hydrogen) atoms. The van der Waals surface area contributed by atoms with Gasteiger partial charge < -0.3 is 10.6 Å². The number of carbonyl (C=O) groups is 1. The summed E-state index contributed by atoms with van der Waals surface area (Å²) in [6.45, 7) is 4.06. The van der Waals surface area contributed by atoms with Gasteiger partial charge in [-0.15, -0.1) is 0 Å². The Kier molecular flexibility index (Phi) is 4.91. The predicted octanol–water partition coefficient (Wildman–Crippen LogP) is 1.87. The first-order chi connectivity index (χ1) is 9.16. The molecule has 0 bridgehead atoms. The number of nitrogens with one attached hydrogen (secondary N) is 2. The van der Waals surface area contributed by atoms with Gasteiger partial charge in [-0.2, -0.15) is 0 Å². The van der Waals surface area contributed by atoms with Crippen LogP contribution in [0.2, 0.25) is 0 Å². The molecule has 0 spiro atoms. The summed E-state index contributed by atoms with van der Waals surface area (Å²) < 4.78 is 13.5. The van der Waals surface area contributed by atoms with Crippen molar-refractivity contribution >= 4 is 5.91 Å². The topological polar surface area (TPSA) is 41.1 Å². The summed E-state index contributed by atoms with van der Waals surface area (Å²) in [5.74, 6) is 0.106.